The number of methoxy groups -OCH3 is 1. The molecule has 0 aliphatic rings. The molecule has 0 bridgehead atoms. The molecule has 0 saturated carbocycles. The number of ether oxygens (including phenoxy) is 1. The quantitative estimate of drug-likeness (QED) is 0.755. The third-order valence-electron chi connectivity index (χ3n) is 2.26. The molecule has 4 nitrogen and oxygen atoms in total. The molecule has 4 heteroatoms. The molecule has 0 fully saturated rings. The van der Waals surface area contributed by atoms with Crippen molar-refractivity contribution in [3.63, 3.8) is 0 Å². The van der Waals surface area contributed by atoms with Gasteiger partial charge in [0.05, 0.1) is 7.11 Å². The Morgan fingerprint density at radius 3 is 2.36 bits per heavy atom. The molecule has 1 aromatic rings. The summed E-state index contributed by atoms with van der Waals surface area (Å²) in [6.07, 6.45) is 0. The summed E-state index contributed by atoms with van der Waals surface area (Å²) in [6, 6.07) is 1.31. The monoisotopic (exact) mass is 196 g/mol. The zero-order valence-electron chi connectivity index (χ0n) is 8.29. The molecule has 0 heterocycles. The van der Waals surface area contributed by atoms with Crippen LogP contribution in [0.1, 0.15) is 21.5 Å². The maximum Gasteiger partial charge on any atom is 0.339 e. The van der Waals surface area contributed by atoms with Crippen LogP contribution in [-0.4, -0.2) is 23.3 Å². The largest absolute Gasteiger partial charge is 0.507 e. The van der Waals surface area contributed by atoms with Crippen molar-refractivity contribution in [2.45, 2.75) is 13.8 Å². The molecule has 0 atom stereocenters. The molecule has 1 rings (SSSR count). The number of hydrogen-bond donors (Lipinski definition) is 2. The minimum absolute atomic E-state index is 0.0664. The third kappa shape index (κ3) is 1.51. The fourth-order valence-corrected chi connectivity index (χ4v) is 1.35. The molecular formula is C10H12O4. The Bertz CT molecular complexity index is 382. The van der Waals surface area contributed by atoms with Gasteiger partial charge in [0.25, 0.3) is 0 Å². The van der Waals surface area contributed by atoms with Gasteiger partial charge in [0, 0.05) is 6.07 Å². The Kier molecular flexibility index (Phi) is 2.65. The van der Waals surface area contributed by atoms with Crippen LogP contribution in [0.2, 0.25) is 0 Å². The fraction of sp³-hybridized carbons (Fsp3) is 0.300. The predicted octanol–water partition coefficient (Wildman–Crippen LogP) is 1.72. The summed E-state index contributed by atoms with van der Waals surface area (Å²) in [7, 11) is 1.47. The zero-order chi connectivity index (χ0) is 10.9. The van der Waals surface area contributed by atoms with Crippen molar-refractivity contribution < 1.29 is 19.7 Å². The van der Waals surface area contributed by atoms with E-state index in [9.17, 15) is 9.90 Å². The van der Waals surface area contributed by atoms with Crippen LogP contribution in [0.25, 0.3) is 0 Å². The summed E-state index contributed by atoms with van der Waals surface area (Å²) < 4.78 is 4.99. The van der Waals surface area contributed by atoms with E-state index in [4.69, 9.17) is 9.84 Å². The first-order chi connectivity index (χ1) is 6.49. The summed E-state index contributed by atoms with van der Waals surface area (Å²) in [5.74, 6) is -0.909. The molecular weight excluding hydrogens is 184 g/mol. The number of carboxylic acids is 1. The van der Waals surface area contributed by atoms with Gasteiger partial charge in [-0.15, -0.1) is 0 Å². The lowest BCUT2D eigenvalue weighted by molar-refractivity contribution is 0.0692. The number of aromatic carboxylic acids is 1. The second-order valence-electron chi connectivity index (χ2n) is 3.03. The minimum atomic E-state index is -1.13. The normalized spacial score (nSPS) is 9.93. The second kappa shape index (κ2) is 3.57. The Hall–Kier alpha value is -1.71. The summed E-state index contributed by atoms with van der Waals surface area (Å²) in [5, 5.41) is 18.3. The van der Waals surface area contributed by atoms with Gasteiger partial charge in [0.2, 0.25) is 0 Å². The smallest absolute Gasteiger partial charge is 0.339 e. The maximum atomic E-state index is 10.8. The average molecular weight is 196 g/mol. The van der Waals surface area contributed by atoms with Crippen LogP contribution in [0.3, 0.4) is 0 Å². The Labute approximate surface area is 81.8 Å². The molecule has 0 aliphatic heterocycles. The van der Waals surface area contributed by atoms with Crippen molar-refractivity contribution in [1.29, 1.82) is 0 Å². The molecule has 76 valence electrons. The van der Waals surface area contributed by atoms with E-state index in [0.717, 1.165) is 5.56 Å². The molecule has 0 saturated heterocycles. The maximum absolute atomic E-state index is 10.8. The lowest BCUT2D eigenvalue weighted by atomic mass is 10.0. The lowest BCUT2D eigenvalue weighted by Crippen LogP contribution is -2.03. The van der Waals surface area contributed by atoms with E-state index < -0.39 is 5.97 Å². The molecule has 2 N–H and O–H groups in total. The zero-order valence-corrected chi connectivity index (χ0v) is 8.29. The molecule has 0 radical (unpaired) electrons. The van der Waals surface area contributed by atoms with Crippen molar-refractivity contribution >= 4 is 5.97 Å². The second-order valence-corrected chi connectivity index (χ2v) is 3.03. The van der Waals surface area contributed by atoms with E-state index in [0.29, 0.717) is 11.3 Å². The number of carbonyl (C=O) groups is 1. The summed E-state index contributed by atoms with van der Waals surface area (Å²) in [6.45, 7) is 3.39. The lowest BCUT2D eigenvalue weighted by Gasteiger charge is -2.11. The van der Waals surface area contributed by atoms with Crippen LogP contribution >= 0.6 is 0 Å². The highest BCUT2D eigenvalue weighted by molar-refractivity contribution is 5.93. The molecule has 0 amide bonds. The standard InChI is InChI=1S/C10H12O4/c1-5-6(2)9(10(12)13)7(11)4-8(5)14-3/h4,11H,1-3H3,(H,12,13). The van der Waals surface area contributed by atoms with Gasteiger partial charge in [-0.25, -0.2) is 4.79 Å². The highest BCUT2D eigenvalue weighted by atomic mass is 16.5. The van der Waals surface area contributed by atoms with Gasteiger partial charge in [0.1, 0.15) is 17.1 Å². The molecule has 1 aromatic carbocycles. The van der Waals surface area contributed by atoms with E-state index in [1.807, 2.05) is 0 Å². The minimum Gasteiger partial charge on any atom is -0.507 e. The number of hydrogen-bond acceptors (Lipinski definition) is 3. The molecule has 0 unspecified atom stereocenters. The van der Waals surface area contributed by atoms with Crippen molar-refractivity contribution in [1.82, 2.24) is 0 Å². The first-order valence-electron chi connectivity index (χ1n) is 4.09. The number of carboxylic acid groups (broad SMARTS) is 1. The van der Waals surface area contributed by atoms with Gasteiger partial charge in [-0.05, 0) is 25.0 Å². The van der Waals surface area contributed by atoms with Crippen molar-refractivity contribution in [3.05, 3.63) is 22.8 Å². The average Bonchev–Trinajstić information content (AvgIpc) is 2.10. The van der Waals surface area contributed by atoms with Gasteiger partial charge in [-0.1, -0.05) is 0 Å². The van der Waals surface area contributed by atoms with Crippen LogP contribution in [0.5, 0.6) is 11.5 Å². The van der Waals surface area contributed by atoms with Crippen molar-refractivity contribution in [3.8, 4) is 11.5 Å². The van der Waals surface area contributed by atoms with Gasteiger partial charge in [0.15, 0.2) is 0 Å². The van der Waals surface area contributed by atoms with Crippen LogP contribution in [0, 0.1) is 13.8 Å². The van der Waals surface area contributed by atoms with E-state index in [1.54, 1.807) is 13.8 Å². The van der Waals surface area contributed by atoms with Crippen molar-refractivity contribution in [2.24, 2.45) is 0 Å². The van der Waals surface area contributed by atoms with Crippen LogP contribution in [-0.2, 0) is 0 Å². The molecule has 0 aromatic heterocycles. The first kappa shape index (κ1) is 10.4. The van der Waals surface area contributed by atoms with Gasteiger partial charge in [-0.2, -0.15) is 0 Å². The number of phenols is 1. The third-order valence-corrected chi connectivity index (χ3v) is 2.26. The van der Waals surface area contributed by atoms with Crippen LogP contribution in [0.4, 0.5) is 0 Å². The fourth-order valence-electron chi connectivity index (χ4n) is 1.35. The van der Waals surface area contributed by atoms with Crippen molar-refractivity contribution in [2.75, 3.05) is 7.11 Å². The van der Waals surface area contributed by atoms with Gasteiger partial charge < -0.3 is 14.9 Å². The van der Waals surface area contributed by atoms with Gasteiger partial charge in [-0.3, -0.25) is 0 Å². The Morgan fingerprint density at radius 1 is 1.36 bits per heavy atom. The number of benzene rings is 1. The van der Waals surface area contributed by atoms with Gasteiger partial charge >= 0.3 is 5.97 Å². The number of rotatable bonds is 2. The molecule has 14 heavy (non-hydrogen) atoms. The van der Waals surface area contributed by atoms with E-state index in [2.05, 4.69) is 0 Å². The van der Waals surface area contributed by atoms with E-state index >= 15 is 0 Å². The Balaban J connectivity index is 3.49. The molecule has 0 aliphatic carbocycles. The Morgan fingerprint density at radius 2 is 1.93 bits per heavy atom. The molecule has 0 spiro atoms. The summed E-state index contributed by atoms with van der Waals surface area (Å²) in [4.78, 5) is 10.8. The summed E-state index contributed by atoms with van der Waals surface area (Å²) in [5.41, 5.74) is 1.18. The van der Waals surface area contributed by atoms with Crippen LogP contribution < -0.4 is 4.74 Å². The van der Waals surface area contributed by atoms with E-state index in [-0.39, 0.29) is 11.3 Å². The van der Waals surface area contributed by atoms with Crippen LogP contribution in [0.15, 0.2) is 6.07 Å². The number of aromatic hydroxyl groups is 1. The highest BCUT2D eigenvalue weighted by Crippen LogP contribution is 2.31. The summed E-state index contributed by atoms with van der Waals surface area (Å²) >= 11 is 0. The topological polar surface area (TPSA) is 66.8 Å². The predicted molar refractivity (Wildman–Crippen MR) is 51.1 cm³/mol. The SMILES string of the molecule is COc1cc(O)c(C(=O)O)c(C)c1C. The first-order valence-corrected chi connectivity index (χ1v) is 4.09. The van der Waals surface area contributed by atoms with E-state index in [1.165, 1.54) is 13.2 Å². The highest BCUT2D eigenvalue weighted by Gasteiger charge is 2.17.